The zero-order chi connectivity index (χ0) is 14.5. The van der Waals surface area contributed by atoms with Gasteiger partial charge in [0.2, 0.25) is 0 Å². The van der Waals surface area contributed by atoms with E-state index < -0.39 is 0 Å². The molecule has 1 saturated carbocycles. The summed E-state index contributed by atoms with van der Waals surface area (Å²) in [4.78, 5) is 0. The first kappa shape index (κ1) is 20.7. The Morgan fingerprint density at radius 2 is 1.91 bits per heavy atom. The zero-order valence-electron chi connectivity index (χ0n) is 14.1. The number of aryl methyl sites for hydroxylation is 1. The molecule has 0 radical (unpaired) electrons. The molecule has 1 aliphatic carbocycles. The van der Waals surface area contributed by atoms with E-state index in [4.69, 9.17) is 0 Å². The van der Waals surface area contributed by atoms with Gasteiger partial charge in [-0.05, 0) is 63.5 Å². The Hall–Kier alpha value is -0.360. The van der Waals surface area contributed by atoms with Gasteiger partial charge in [-0.25, -0.2) is 0 Å². The summed E-state index contributed by atoms with van der Waals surface area (Å²) >= 11 is 0. The third kappa shape index (κ3) is 5.31. The van der Waals surface area contributed by atoms with E-state index in [1.165, 1.54) is 51.6 Å². The van der Waals surface area contributed by atoms with Crippen LogP contribution in [0.4, 0.5) is 0 Å². The molecule has 1 aromatic heterocycles. The molecule has 0 atom stereocenters. The van der Waals surface area contributed by atoms with Crippen LogP contribution in [0.15, 0.2) is 6.33 Å². The lowest BCUT2D eigenvalue weighted by Crippen LogP contribution is -2.43. The molecule has 0 unspecified atom stereocenters. The topological polar surface area (TPSA) is 54.8 Å². The summed E-state index contributed by atoms with van der Waals surface area (Å²) in [6, 6.07) is 0.664. The van der Waals surface area contributed by atoms with Crippen molar-refractivity contribution in [2.75, 3.05) is 13.1 Å². The van der Waals surface area contributed by atoms with Crippen LogP contribution in [0.25, 0.3) is 0 Å². The van der Waals surface area contributed by atoms with Crippen LogP contribution in [0.3, 0.4) is 0 Å². The van der Waals surface area contributed by atoms with Crippen LogP contribution in [0.2, 0.25) is 0 Å². The maximum absolute atomic E-state index is 4.24. The minimum Gasteiger partial charge on any atom is -0.317 e. The van der Waals surface area contributed by atoms with Crippen LogP contribution >= 0.6 is 24.8 Å². The lowest BCUT2D eigenvalue weighted by atomic mass is 9.67. The van der Waals surface area contributed by atoms with E-state index in [0.29, 0.717) is 11.5 Å². The smallest absolute Gasteiger partial charge is 0.146 e. The lowest BCUT2D eigenvalue weighted by Gasteiger charge is -2.43. The Kier molecular flexibility index (Phi) is 8.83. The van der Waals surface area contributed by atoms with Gasteiger partial charge in [-0.2, -0.15) is 0 Å². The molecule has 1 spiro atoms. The SMILES string of the molecule is CCCn1cnnc1CNC1CCC2(CCNCC2)CC1.Cl.Cl. The van der Waals surface area contributed by atoms with E-state index in [9.17, 15) is 0 Å². The van der Waals surface area contributed by atoms with Gasteiger partial charge in [0.05, 0.1) is 6.54 Å². The maximum Gasteiger partial charge on any atom is 0.146 e. The van der Waals surface area contributed by atoms with Crippen LogP contribution in [0.1, 0.15) is 57.7 Å². The summed E-state index contributed by atoms with van der Waals surface area (Å²) < 4.78 is 2.17. The molecular weight excluding hydrogens is 333 g/mol. The van der Waals surface area contributed by atoms with E-state index in [1.54, 1.807) is 0 Å². The summed E-state index contributed by atoms with van der Waals surface area (Å²) in [5.41, 5.74) is 0.658. The van der Waals surface area contributed by atoms with E-state index >= 15 is 0 Å². The Morgan fingerprint density at radius 1 is 1.22 bits per heavy atom. The molecule has 2 N–H and O–H groups in total. The van der Waals surface area contributed by atoms with Crippen molar-refractivity contribution >= 4 is 24.8 Å². The van der Waals surface area contributed by atoms with Crippen molar-refractivity contribution in [2.45, 2.75) is 71.0 Å². The molecule has 134 valence electrons. The predicted octanol–water partition coefficient (Wildman–Crippen LogP) is 2.93. The number of rotatable bonds is 5. The Bertz CT molecular complexity index is 435. The van der Waals surface area contributed by atoms with Crippen molar-refractivity contribution in [1.29, 1.82) is 0 Å². The van der Waals surface area contributed by atoms with Gasteiger partial charge in [-0.3, -0.25) is 0 Å². The third-order valence-electron chi connectivity index (χ3n) is 5.42. The van der Waals surface area contributed by atoms with Gasteiger partial charge in [-0.15, -0.1) is 35.0 Å². The van der Waals surface area contributed by atoms with Crippen molar-refractivity contribution in [3.63, 3.8) is 0 Å². The molecule has 1 saturated heterocycles. The number of piperidine rings is 1. The van der Waals surface area contributed by atoms with Gasteiger partial charge >= 0.3 is 0 Å². The molecule has 23 heavy (non-hydrogen) atoms. The Balaban J connectivity index is 0.00000132. The highest BCUT2D eigenvalue weighted by Crippen LogP contribution is 2.43. The first-order valence-electron chi connectivity index (χ1n) is 8.62. The predicted molar refractivity (Wildman–Crippen MR) is 98.4 cm³/mol. The fourth-order valence-electron chi connectivity index (χ4n) is 3.97. The fourth-order valence-corrected chi connectivity index (χ4v) is 3.97. The summed E-state index contributed by atoms with van der Waals surface area (Å²) in [5, 5.41) is 15.5. The van der Waals surface area contributed by atoms with Crippen molar-refractivity contribution in [3.05, 3.63) is 12.2 Å². The quantitative estimate of drug-likeness (QED) is 0.844. The molecular formula is C16H31Cl2N5. The minimum atomic E-state index is 0. The average Bonchev–Trinajstić information content (AvgIpc) is 2.96. The fraction of sp³-hybridized carbons (Fsp3) is 0.875. The van der Waals surface area contributed by atoms with Crippen LogP contribution in [0.5, 0.6) is 0 Å². The molecule has 2 aliphatic rings. The van der Waals surface area contributed by atoms with Gasteiger partial charge < -0.3 is 15.2 Å². The zero-order valence-corrected chi connectivity index (χ0v) is 15.7. The van der Waals surface area contributed by atoms with Crippen molar-refractivity contribution in [3.8, 4) is 0 Å². The number of hydrogen-bond donors (Lipinski definition) is 2. The van der Waals surface area contributed by atoms with E-state index in [2.05, 4.69) is 32.3 Å². The summed E-state index contributed by atoms with van der Waals surface area (Å²) in [6.07, 6.45) is 11.2. The van der Waals surface area contributed by atoms with Crippen molar-refractivity contribution in [1.82, 2.24) is 25.4 Å². The molecule has 3 rings (SSSR count). The highest BCUT2D eigenvalue weighted by molar-refractivity contribution is 5.85. The third-order valence-corrected chi connectivity index (χ3v) is 5.42. The normalized spacial score (nSPS) is 20.7. The molecule has 5 nitrogen and oxygen atoms in total. The molecule has 0 bridgehead atoms. The number of nitrogens with one attached hydrogen (secondary N) is 2. The molecule has 1 aliphatic heterocycles. The highest BCUT2D eigenvalue weighted by atomic mass is 35.5. The van der Waals surface area contributed by atoms with E-state index in [-0.39, 0.29) is 24.8 Å². The summed E-state index contributed by atoms with van der Waals surface area (Å²) in [5.74, 6) is 1.08. The van der Waals surface area contributed by atoms with Gasteiger partial charge in [0.15, 0.2) is 0 Å². The number of hydrogen-bond acceptors (Lipinski definition) is 4. The number of halogens is 2. The van der Waals surface area contributed by atoms with Crippen molar-refractivity contribution in [2.24, 2.45) is 5.41 Å². The monoisotopic (exact) mass is 363 g/mol. The second-order valence-electron chi connectivity index (χ2n) is 6.85. The van der Waals surface area contributed by atoms with Gasteiger partial charge in [0.1, 0.15) is 12.2 Å². The van der Waals surface area contributed by atoms with Crippen molar-refractivity contribution < 1.29 is 0 Å². The minimum absolute atomic E-state index is 0. The lowest BCUT2D eigenvalue weighted by molar-refractivity contribution is 0.115. The van der Waals surface area contributed by atoms with Crippen LogP contribution in [0, 0.1) is 5.41 Å². The molecule has 0 amide bonds. The molecule has 2 fully saturated rings. The van der Waals surface area contributed by atoms with Gasteiger partial charge in [0.25, 0.3) is 0 Å². The molecule has 7 heteroatoms. The van der Waals surface area contributed by atoms with Crippen LogP contribution < -0.4 is 10.6 Å². The van der Waals surface area contributed by atoms with E-state index in [1.807, 2.05) is 6.33 Å². The second kappa shape index (κ2) is 9.82. The average molecular weight is 364 g/mol. The standard InChI is InChI=1S/C16H29N5.2ClH/c1-2-11-21-13-19-20-15(21)12-18-14-3-5-16(6-4-14)7-9-17-10-8-16;;/h13-14,17-18H,2-12H2,1H3;2*1H. The van der Waals surface area contributed by atoms with Gasteiger partial charge in [0, 0.05) is 12.6 Å². The molecule has 2 heterocycles. The summed E-state index contributed by atoms with van der Waals surface area (Å²) in [6.45, 7) is 6.51. The van der Waals surface area contributed by atoms with Crippen LogP contribution in [-0.4, -0.2) is 33.9 Å². The number of aromatic nitrogens is 3. The molecule has 1 aromatic rings. The second-order valence-corrected chi connectivity index (χ2v) is 6.85. The highest BCUT2D eigenvalue weighted by Gasteiger charge is 2.35. The van der Waals surface area contributed by atoms with E-state index in [0.717, 1.165) is 25.3 Å². The molecule has 0 aromatic carbocycles. The largest absolute Gasteiger partial charge is 0.317 e. The van der Waals surface area contributed by atoms with Crippen LogP contribution in [-0.2, 0) is 13.1 Å². The first-order valence-corrected chi connectivity index (χ1v) is 8.62. The Morgan fingerprint density at radius 3 is 2.57 bits per heavy atom. The summed E-state index contributed by atoms with van der Waals surface area (Å²) in [7, 11) is 0. The maximum atomic E-state index is 4.24. The Labute approximate surface area is 152 Å². The number of nitrogens with zero attached hydrogens (tertiary/aromatic N) is 3. The first-order chi connectivity index (χ1) is 10.3. The van der Waals surface area contributed by atoms with Gasteiger partial charge in [-0.1, -0.05) is 6.92 Å².